The highest BCUT2D eigenvalue weighted by atomic mass is 15.1. The molecule has 55 heavy (non-hydrogen) atoms. The summed E-state index contributed by atoms with van der Waals surface area (Å²) in [7, 11) is 0. The lowest BCUT2D eigenvalue weighted by atomic mass is 9.67. The predicted molar refractivity (Wildman–Crippen MR) is 232 cm³/mol. The lowest BCUT2D eigenvalue weighted by Crippen LogP contribution is -2.28. The second-order valence-electron chi connectivity index (χ2n) is 14.8. The van der Waals surface area contributed by atoms with E-state index in [1.807, 2.05) is 0 Å². The standard InChI is InChI=1S/C53H38N2/c1-4-18-39(19-5-1)53(40-20-6-2-7-21-40)49-26-14-12-24-45(49)46-32-30-43(35-50(46)53)54(42-29-28-37-16-10-11-17-38(37)34-42)44-31-33-48-47-25-13-15-27-51(47)55(52(48)36-44)41-22-8-3-9-23-41/h1-8,10-22,24-36H,9,23H2. The number of aromatic nitrogens is 1. The Balaban J connectivity index is 1.20. The molecule has 11 rings (SSSR count). The van der Waals surface area contributed by atoms with Crippen molar-refractivity contribution >= 4 is 55.3 Å². The van der Waals surface area contributed by atoms with E-state index in [1.54, 1.807) is 0 Å². The minimum absolute atomic E-state index is 0.489. The minimum atomic E-state index is -0.489. The van der Waals surface area contributed by atoms with Crippen molar-refractivity contribution in [2.24, 2.45) is 0 Å². The van der Waals surface area contributed by atoms with Crippen LogP contribution in [0.3, 0.4) is 0 Å². The van der Waals surface area contributed by atoms with Crippen molar-refractivity contribution in [1.29, 1.82) is 0 Å². The number of anilines is 3. The molecule has 0 bridgehead atoms. The fraction of sp³-hybridized carbons (Fsp3) is 0.0566. The van der Waals surface area contributed by atoms with Gasteiger partial charge in [0.2, 0.25) is 0 Å². The van der Waals surface area contributed by atoms with Gasteiger partial charge in [-0.05, 0) is 106 Å². The van der Waals surface area contributed by atoms with Crippen LogP contribution in [0.15, 0.2) is 206 Å². The molecule has 0 aliphatic heterocycles. The van der Waals surface area contributed by atoms with E-state index >= 15 is 0 Å². The summed E-state index contributed by atoms with van der Waals surface area (Å²) in [6.45, 7) is 0. The molecular formula is C53H38N2. The monoisotopic (exact) mass is 702 g/mol. The first-order valence-electron chi connectivity index (χ1n) is 19.3. The first kappa shape index (κ1) is 31.6. The number of rotatable bonds is 6. The average molecular weight is 703 g/mol. The predicted octanol–water partition coefficient (Wildman–Crippen LogP) is 14.0. The molecule has 9 aromatic rings. The van der Waals surface area contributed by atoms with Gasteiger partial charge < -0.3 is 9.47 Å². The minimum Gasteiger partial charge on any atom is -0.313 e. The number of fused-ring (bicyclic) bond motifs is 7. The summed E-state index contributed by atoms with van der Waals surface area (Å²) in [6.07, 6.45) is 8.81. The van der Waals surface area contributed by atoms with Crippen molar-refractivity contribution in [3.63, 3.8) is 0 Å². The Morgan fingerprint density at radius 1 is 0.455 bits per heavy atom. The highest BCUT2D eigenvalue weighted by Crippen LogP contribution is 2.57. The topological polar surface area (TPSA) is 8.17 Å². The van der Waals surface area contributed by atoms with Gasteiger partial charge in [-0.25, -0.2) is 0 Å². The summed E-state index contributed by atoms with van der Waals surface area (Å²) < 4.78 is 2.49. The summed E-state index contributed by atoms with van der Waals surface area (Å²) in [5.41, 5.74) is 14.4. The Hall–Kier alpha value is -6.90. The van der Waals surface area contributed by atoms with Gasteiger partial charge in [-0.3, -0.25) is 0 Å². The Labute approximate surface area is 321 Å². The quantitative estimate of drug-likeness (QED) is 0.167. The Morgan fingerprint density at radius 2 is 1.07 bits per heavy atom. The number of nitrogens with zero attached hydrogens (tertiary/aromatic N) is 2. The van der Waals surface area contributed by atoms with Crippen LogP contribution in [0.4, 0.5) is 17.1 Å². The van der Waals surface area contributed by atoms with Gasteiger partial charge in [-0.15, -0.1) is 0 Å². The average Bonchev–Trinajstić information content (AvgIpc) is 3.75. The molecule has 2 nitrogen and oxygen atoms in total. The molecule has 260 valence electrons. The van der Waals surface area contributed by atoms with Crippen LogP contribution in [0.25, 0.3) is 49.4 Å². The van der Waals surface area contributed by atoms with Crippen LogP contribution in [0.1, 0.15) is 35.1 Å². The van der Waals surface area contributed by atoms with Gasteiger partial charge in [0.15, 0.2) is 0 Å². The third-order valence-corrected chi connectivity index (χ3v) is 11.9. The second-order valence-corrected chi connectivity index (χ2v) is 14.8. The number of allylic oxidation sites excluding steroid dienone is 4. The zero-order chi connectivity index (χ0) is 36.3. The molecule has 0 fully saturated rings. The van der Waals surface area contributed by atoms with Gasteiger partial charge in [0.25, 0.3) is 0 Å². The molecule has 2 heteroatoms. The lowest BCUT2D eigenvalue weighted by Gasteiger charge is -2.35. The summed E-state index contributed by atoms with van der Waals surface area (Å²) in [5.74, 6) is 0. The van der Waals surface area contributed by atoms with E-state index in [9.17, 15) is 0 Å². The Kier molecular flexibility index (Phi) is 7.25. The third kappa shape index (κ3) is 4.81. The highest BCUT2D eigenvalue weighted by Gasteiger charge is 2.46. The van der Waals surface area contributed by atoms with E-state index in [-0.39, 0.29) is 0 Å². The molecule has 8 aromatic carbocycles. The van der Waals surface area contributed by atoms with Crippen molar-refractivity contribution in [3.8, 4) is 11.1 Å². The van der Waals surface area contributed by atoms with E-state index in [2.05, 4.69) is 216 Å². The van der Waals surface area contributed by atoms with Crippen molar-refractivity contribution in [3.05, 3.63) is 229 Å². The van der Waals surface area contributed by atoms with Gasteiger partial charge in [0.05, 0.1) is 16.4 Å². The SMILES string of the molecule is C1=CCCC(n2c3ccccc3c3ccc(N(c4ccc5c(c4)C(c4ccccc4)(c4ccccc4)c4ccccc4-5)c4ccc5ccccc5c4)cc32)=C1. The summed E-state index contributed by atoms with van der Waals surface area (Å²) in [5, 5.41) is 5.00. The Bertz CT molecular complexity index is 2940. The van der Waals surface area contributed by atoms with E-state index in [0.717, 1.165) is 29.9 Å². The maximum atomic E-state index is 2.49. The lowest BCUT2D eigenvalue weighted by molar-refractivity contribution is 0.768. The van der Waals surface area contributed by atoms with Gasteiger partial charge in [-0.2, -0.15) is 0 Å². The number of para-hydroxylation sites is 1. The summed E-state index contributed by atoms with van der Waals surface area (Å²) in [6, 6.07) is 69.8. The molecule has 1 heterocycles. The van der Waals surface area contributed by atoms with Crippen molar-refractivity contribution in [2.75, 3.05) is 4.90 Å². The number of benzene rings is 8. The largest absolute Gasteiger partial charge is 0.313 e. The molecule has 0 saturated heterocycles. The fourth-order valence-corrected chi connectivity index (χ4v) is 9.52. The van der Waals surface area contributed by atoms with Gasteiger partial charge >= 0.3 is 0 Å². The molecule has 1 aromatic heterocycles. The van der Waals surface area contributed by atoms with Crippen molar-refractivity contribution in [1.82, 2.24) is 4.57 Å². The van der Waals surface area contributed by atoms with Crippen LogP contribution in [-0.4, -0.2) is 4.57 Å². The van der Waals surface area contributed by atoms with Crippen LogP contribution in [0.2, 0.25) is 0 Å². The maximum Gasteiger partial charge on any atom is 0.0714 e. The molecule has 0 N–H and O–H groups in total. The first-order valence-corrected chi connectivity index (χ1v) is 19.3. The van der Waals surface area contributed by atoms with Crippen LogP contribution < -0.4 is 4.90 Å². The van der Waals surface area contributed by atoms with E-state index in [4.69, 9.17) is 0 Å². The molecule has 0 radical (unpaired) electrons. The van der Waals surface area contributed by atoms with Crippen LogP contribution in [0.5, 0.6) is 0 Å². The van der Waals surface area contributed by atoms with Gasteiger partial charge in [0.1, 0.15) is 0 Å². The maximum absolute atomic E-state index is 2.49. The smallest absolute Gasteiger partial charge is 0.0714 e. The van der Waals surface area contributed by atoms with E-state index in [1.165, 1.54) is 71.7 Å². The van der Waals surface area contributed by atoms with Crippen molar-refractivity contribution in [2.45, 2.75) is 18.3 Å². The molecule has 0 atom stereocenters. The van der Waals surface area contributed by atoms with Crippen LogP contribution in [0, 0.1) is 0 Å². The highest BCUT2D eigenvalue weighted by molar-refractivity contribution is 6.11. The third-order valence-electron chi connectivity index (χ3n) is 11.9. The number of hydrogen-bond acceptors (Lipinski definition) is 1. The zero-order valence-electron chi connectivity index (χ0n) is 30.4. The van der Waals surface area contributed by atoms with Crippen molar-refractivity contribution < 1.29 is 0 Å². The van der Waals surface area contributed by atoms with Gasteiger partial charge in [0, 0.05) is 33.5 Å². The van der Waals surface area contributed by atoms with Crippen LogP contribution >= 0.6 is 0 Å². The zero-order valence-corrected chi connectivity index (χ0v) is 30.4. The van der Waals surface area contributed by atoms with E-state index in [0.29, 0.717) is 0 Å². The second kappa shape index (κ2) is 12.6. The molecule has 0 amide bonds. The molecule has 2 aliphatic carbocycles. The molecule has 0 spiro atoms. The summed E-state index contributed by atoms with van der Waals surface area (Å²) >= 11 is 0. The molecular weight excluding hydrogens is 665 g/mol. The normalized spacial score (nSPS) is 14.2. The van der Waals surface area contributed by atoms with Gasteiger partial charge in [-0.1, -0.05) is 158 Å². The molecule has 0 saturated carbocycles. The summed E-state index contributed by atoms with van der Waals surface area (Å²) in [4.78, 5) is 2.47. The fourth-order valence-electron chi connectivity index (χ4n) is 9.52. The van der Waals surface area contributed by atoms with Crippen LogP contribution in [-0.2, 0) is 5.41 Å². The molecule has 2 aliphatic rings. The first-order chi connectivity index (χ1) is 27.3. The molecule has 0 unspecified atom stereocenters. The van der Waals surface area contributed by atoms with E-state index < -0.39 is 5.41 Å². The number of hydrogen-bond donors (Lipinski definition) is 0. The Morgan fingerprint density at radius 3 is 1.87 bits per heavy atom.